The number of benzene rings is 9. The van der Waals surface area contributed by atoms with Gasteiger partial charge in [-0.05, 0) is 91.7 Å². The number of anilines is 3. The van der Waals surface area contributed by atoms with Crippen LogP contribution in [-0.4, -0.2) is 0 Å². The lowest BCUT2D eigenvalue weighted by Crippen LogP contribution is -2.15. The van der Waals surface area contributed by atoms with E-state index in [4.69, 9.17) is 4.42 Å². The zero-order valence-corrected chi connectivity index (χ0v) is 31.9. The molecule has 0 aliphatic heterocycles. The third-order valence-corrected chi connectivity index (χ3v) is 12.1. The summed E-state index contributed by atoms with van der Waals surface area (Å²) in [5, 5.41) is 4.88. The second-order valence-electron chi connectivity index (χ2n) is 15.7. The summed E-state index contributed by atoms with van der Waals surface area (Å²) in [7, 11) is 0. The van der Waals surface area contributed by atoms with Gasteiger partial charge in [0.05, 0.1) is 5.69 Å². The lowest BCUT2D eigenvalue weighted by atomic mass is 9.80. The lowest BCUT2D eigenvalue weighted by molar-refractivity contribution is 0.666. The fourth-order valence-electron chi connectivity index (χ4n) is 9.40. The van der Waals surface area contributed by atoms with Crippen LogP contribution in [-0.2, 0) is 5.41 Å². The van der Waals surface area contributed by atoms with Gasteiger partial charge < -0.3 is 9.32 Å². The van der Waals surface area contributed by atoms with E-state index in [-0.39, 0.29) is 5.41 Å². The maximum atomic E-state index is 6.46. The molecular formula is C55H39NO. The average molecular weight is 730 g/mol. The molecule has 1 aromatic heterocycles. The molecule has 0 radical (unpaired) electrons. The molecule has 1 aliphatic carbocycles. The molecule has 1 aliphatic rings. The van der Waals surface area contributed by atoms with E-state index in [1.54, 1.807) is 0 Å². The molecule has 2 heteroatoms. The number of nitrogens with zero attached hydrogens (tertiary/aromatic N) is 1. The monoisotopic (exact) mass is 729 g/mol. The van der Waals surface area contributed by atoms with Crippen molar-refractivity contribution >= 4 is 49.8 Å². The van der Waals surface area contributed by atoms with Gasteiger partial charge in [0.1, 0.15) is 11.2 Å². The van der Waals surface area contributed by atoms with Gasteiger partial charge in [0.25, 0.3) is 0 Å². The molecule has 0 bridgehead atoms. The molecule has 0 fully saturated rings. The quantitative estimate of drug-likeness (QED) is 0.169. The predicted octanol–water partition coefficient (Wildman–Crippen LogP) is 15.5. The summed E-state index contributed by atoms with van der Waals surface area (Å²) >= 11 is 0. The minimum absolute atomic E-state index is 0.151. The molecule has 9 aromatic carbocycles. The lowest BCUT2D eigenvalue weighted by Gasteiger charge is -2.29. The normalized spacial score (nSPS) is 12.9. The summed E-state index contributed by atoms with van der Waals surface area (Å²) < 4.78 is 6.46. The number of hydrogen-bond acceptors (Lipinski definition) is 2. The van der Waals surface area contributed by atoms with Gasteiger partial charge in [-0.3, -0.25) is 0 Å². The van der Waals surface area contributed by atoms with Crippen molar-refractivity contribution in [2.45, 2.75) is 19.3 Å². The molecule has 270 valence electrons. The fourth-order valence-corrected chi connectivity index (χ4v) is 9.40. The average Bonchev–Trinajstić information content (AvgIpc) is 3.77. The van der Waals surface area contributed by atoms with Crippen LogP contribution in [0.3, 0.4) is 0 Å². The van der Waals surface area contributed by atoms with Crippen LogP contribution in [0.5, 0.6) is 0 Å². The topological polar surface area (TPSA) is 16.4 Å². The third kappa shape index (κ3) is 5.25. The summed E-state index contributed by atoms with van der Waals surface area (Å²) in [5.41, 5.74) is 17.4. The Morgan fingerprint density at radius 1 is 0.404 bits per heavy atom. The van der Waals surface area contributed by atoms with E-state index in [9.17, 15) is 0 Å². The molecule has 0 unspecified atom stereocenters. The SMILES string of the molecule is CC1(C)c2cccc(-c3ccccc3N(c3ccc(-c4ccccc4)cc3)c3ccc(-c4cccc5c4oc4ccccc45)cc3)c2-c2ccc3ccccc3c21. The Balaban J connectivity index is 1.09. The zero-order chi connectivity index (χ0) is 38.1. The van der Waals surface area contributed by atoms with Crippen molar-refractivity contribution < 1.29 is 4.42 Å². The Morgan fingerprint density at radius 3 is 1.81 bits per heavy atom. The van der Waals surface area contributed by atoms with Gasteiger partial charge in [0.2, 0.25) is 0 Å². The first-order valence-electron chi connectivity index (χ1n) is 19.8. The van der Waals surface area contributed by atoms with E-state index in [1.807, 2.05) is 12.1 Å². The van der Waals surface area contributed by atoms with Crippen LogP contribution < -0.4 is 4.90 Å². The number of para-hydroxylation sites is 3. The number of fused-ring (bicyclic) bond motifs is 8. The molecule has 0 N–H and O–H groups in total. The van der Waals surface area contributed by atoms with E-state index in [0.717, 1.165) is 50.1 Å². The van der Waals surface area contributed by atoms with E-state index >= 15 is 0 Å². The summed E-state index contributed by atoms with van der Waals surface area (Å²) in [6.45, 7) is 4.77. The molecule has 0 saturated heterocycles. The van der Waals surface area contributed by atoms with Crippen molar-refractivity contribution in [3.8, 4) is 44.5 Å². The highest BCUT2D eigenvalue weighted by Crippen LogP contribution is 2.55. The highest BCUT2D eigenvalue weighted by Gasteiger charge is 2.38. The second-order valence-corrected chi connectivity index (χ2v) is 15.7. The Labute approximate surface area is 332 Å². The van der Waals surface area contributed by atoms with Crippen LogP contribution in [0.1, 0.15) is 25.0 Å². The van der Waals surface area contributed by atoms with Crippen LogP contribution in [0.2, 0.25) is 0 Å². The van der Waals surface area contributed by atoms with Crippen LogP contribution in [0.25, 0.3) is 77.2 Å². The number of furan rings is 1. The van der Waals surface area contributed by atoms with E-state index < -0.39 is 0 Å². The van der Waals surface area contributed by atoms with E-state index in [2.05, 4.69) is 207 Å². The standard InChI is InChI=1S/C55H39NO/c1-55(2)49-23-13-21-46(52(49)48-35-30-38-16-6-7-17-42(38)53(48)55)44-18-8-10-24-50(44)56(40-31-26-37(27-32-40)36-14-4-3-5-15-36)41-33-28-39(29-34-41)43-20-12-22-47-45-19-9-11-25-51(45)57-54(43)47/h3-35H,1-2H3. The first-order valence-corrected chi connectivity index (χ1v) is 19.8. The smallest absolute Gasteiger partial charge is 0.143 e. The van der Waals surface area contributed by atoms with Crippen molar-refractivity contribution in [1.29, 1.82) is 0 Å². The Hall–Kier alpha value is -7.16. The minimum Gasteiger partial charge on any atom is -0.455 e. The molecule has 10 aromatic rings. The maximum absolute atomic E-state index is 6.46. The summed E-state index contributed by atoms with van der Waals surface area (Å²) in [5.74, 6) is 0. The molecule has 0 saturated carbocycles. The highest BCUT2D eigenvalue weighted by atomic mass is 16.3. The van der Waals surface area contributed by atoms with Crippen molar-refractivity contribution in [2.75, 3.05) is 4.90 Å². The Kier molecular flexibility index (Phi) is 7.55. The van der Waals surface area contributed by atoms with Gasteiger partial charge >= 0.3 is 0 Å². The highest BCUT2D eigenvalue weighted by molar-refractivity contribution is 6.10. The van der Waals surface area contributed by atoms with Crippen LogP contribution in [0.15, 0.2) is 205 Å². The first-order chi connectivity index (χ1) is 28.0. The number of hydrogen-bond donors (Lipinski definition) is 0. The van der Waals surface area contributed by atoms with Crippen LogP contribution in [0.4, 0.5) is 17.1 Å². The minimum atomic E-state index is -0.151. The summed E-state index contributed by atoms with van der Waals surface area (Å²) in [6, 6.07) is 72.5. The largest absolute Gasteiger partial charge is 0.455 e. The fraction of sp³-hybridized carbons (Fsp3) is 0.0545. The van der Waals surface area contributed by atoms with Crippen molar-refractivity contribution in [2.24, 2.45) is 0 Å². The molecule has 0 amide bonds. The predicted molar refractivity (Wildman–Crippen MR) is 240 cm³/mol. The zero-order valence-electron chi connectivity index (χ0n) is 31.9. The third-order valence-electron chi connectivity index (χ3n) is 12.1. The summed E-state index contributed by atoms with van der Waals surface area (Å²) in [6.07, 6.45) is 0. The molecule has 2 nitrogen and oxygen atoms in total. The Morgan fingerprint density at radius 2 is 1.00 bits per heavy atom. The maximum Gasteiger partial charge on any atom is 0.143 e. The van der Waals surface area contributed by atoms with Gasteiger partial charge in [-0.25, -0.2) is 0 Å². The van der Waals surface area contributed by atoms with Gasteiger partial charge in [-0.15, -0.1) is 0 Å². The van der Waals surface area contributed by atoms with Gasteiger partial charge in [-0.1, -0.05) is 178 Å². The van der Waals surface area contributed by atoms with Crippen molar-refractivity contribution in [3.63, 3.8) is 0 Å². The van der Waals surface area contributed by atoms with E-state index in [0.29, 0.717) is 0 Å². The first kappa shape index (κ1) is 33.2. The summed E-state index contributed by atoms with van der Waals surface area (Å²) in [4.78, 5) is 2.41. The second kappa shape index (κ2) is 13.0. The molecular weight excluding hydrogens is 691 g/mol. The van der Waals surface area contributed by atoms with Crippen molar-refractivity contribution in [1.82, 2.24) is 0 Å². The molecule has 57 heavy (non-hydrogen) atoms. The Bertz CT molecular complexity index is 3130. The molecule has 0 atom stereocenters. The molecule has 1 heterocycles. The van der Waals surface area contributed by atoms with Crippen molar-refractivity contribution in [3.05, 3.63) is 211 Å². The molecule has 0 spiro atoms. The molecule has 11 rings (SSSR count). The van der Waals surface area contributed by atoms with Crippen LogP contribution in [0, 0.1) is 0 Å². The van der Waals surface area contributed by atoms with E-state index in [1.165, 1.54) is 55.3 Å². The van der Waals surface area contributed by atoms with Crippen LogP contribution >= 0.6 is 0 Å². The van der Waals surface area contributed by atoms with Gasteiger partial charge in [-0.2, -0.15) is 0 Å². The number of rotatable bonds is 6. The van der Waals surface area contributed by atoms with Gasteiger partial charge in [0, 0.05) is 38.7 Å². The van der Waals surface area contributed by atoms with Gasteiger partial charge in [0.15, 0.2) is 0 Å².